The lowest BCUT2D eigenvalue weighted by Crippen LogP contribution is -2.57. The van der Waals surface area contributed by atoms with Crippen molar-refractivity contribution in [3.8, 4) is 17.0 Å². The average Bonchev–Trinajstić information content (AvgIpc) is 3.86. The maximum Gasteiger partial charge on any atom is 0.303 e. The van der Waals surface area contributed by atoms with E-state index in [0.29, 0.717) is 24.9 Å². The lowest BCUT2D eigenvalue weighted by molar-refractivity contribution is -0.142. The summed E-state index contributed by atoms with van der Waals surface area (Å²) in [7, 11) is 0.510. The summed E-state index contributed by atoms with van der Waals surface area (Å²) in [5, 5.41) is 1.08. The van der Waals surface area contributed by atoms with Gasteiger partial charge in [-0.15, -0.1) is 0 Å². The first kappa shape index (κ1) is 31.8. The molecule has 1 N–H and O–H groups in total. The number of carbonyl (C=O) groups excluding carboxylic acids is 2. The highest BCUT2D eigenvalue weighted by Crippen LogP contribution is 2.48. The van der Waals surface area contributed by atoms with E-state index in [4.69, 9.17) is 4.74 Å². The SMILES string of the molecule is COc1ccc2c(c1)CC(C(=O)N1C3CCC1CN(C1CC1)C3)Cn1c-2c(C2CCCCC2)c2ccc(C(=O)NS(=O)(=O)N(C)C)cc21. The van der Waals surface area contributed by atoms with Gasteiger partial charge < -0.3 is 14.2 Å². The molecule has 0 spiro atoms. The van der Waals surface area contributed by atoms with E-state index in [-0.39, 0.29) is 29.5 Å². The Balaban J connectivity index is 1.26. The fourth-order valence-electron chi connectivity index (χ4n) is 9.13. The van der Waals surface area contributed by atoms with Gasteiger partial charge in [-0.3, -0.25) is 14.5 Å². The third-order valence-electron chi connectivity index (χ3n) is 11.7. The van der Waals surface area contributed by atoms with Crippen molar-refractivity contribution in [1.82, 2.24) is 23.4 Å². The van der Waals surface area contributed by atoms with Crippen molar-refractivity contribution < 1.29 is 22.7 Å². The van der Waals surface area contributed by atoms with Gasteiger partial charge in [-0.05, 0) is 92.3 Å². The van der Waals surface area contributed by atoms with Gasteiger partial charge in [0.25, 0.3) is 5.91 Å². The predicted octanol–water partition coefficient (Wildman–Crippen LogP) is 4.91. The molecule has 10 nitrogen and oxygen atoms in total. The van der Waals surface area contributed by atoms with Crippen LogP contribution in [0.5, 0.6) is 5.75 Å². The summed E-state index contributed by atoms with van der Waals surface area (Å²) in [6.07, 6.45) is 11.1. The molecule has 48 heavy (non-hydrogen) atoms. The first-order valence-electron chi connectivity index (χ1n) is 17.8. The number of carbonyl (C=O) groups is 2. The van der Waals surface area contributed by atoms with E-state index >= 15 is 0 Å². The number of amides is 2. The standard InChI is InChI=1S/C37H47N5O5S/c1-39(2)48(45,46)38-36(43)24-9-15-32-33(19-24)41-20-26(37(44)42-28-12-13-29(42)22-40(21-28)27-10-11-27)17-25-18-30(47-3)14-16-31(25)35(41)34(32)23-7-5-4-6-8-23/h9,14-16,18-19,23,26-29H,4-8,10-13,17,20-22H2,1-3H3,(H,38,43). The molecule has 2 aliphatic carbocycles. The molecular weight excluding hydrogens is 627 g/mol. The average molecular weight is 674 g/mol. The maximum atomic E-state index is 14.8. The molecule has 2 aromatic carbocycles. The first-order chi connectivity index (χ1) is 23.1. The first-order valence-corrected chi connectivity index (χ1v) is 19.2. The number of likely N-dealkylation sites (tertiary alicyclic amines) is 1. The van der Waals surface area contributed by atoms with Crippen molar-refractivity contribution in [3.63, 3.8) is 0 Å². The molecule has 3 unspecified atom stereocenters. The summed E-state index contributed by atoms with van der Waals surface area (Å²) < 4.78 is 36.3. The van der Waals surface area contributed by atoms with Crippen molar-refractivity contribution in [2.24, 2.45) is 5.92 Å². The summed E-state index contributed by atoms with van der Waals surface area (Å²) in [6.45, 7) is 2.45. The molecule has 2 saturated heterocycles. The zero-order chi connectivity index (χ0) is 33.3. The van der Waals surface area contributed by atoms with Crippen LogP contribution in [0.2, 0.25) is 0 Å². The highest BCUT2D eigenvalue weighted by molar-refractivity contribution is 7.87. The number of ether oxygens (including phenoxy) is 1. The molecule has 4 heterocycles. The third-order valence-corrected chi connectivity index (χ3v) is 13.1. The Morgan fingerprint density at radius 3 is 2.25 bits per heavy atom. The third kappa shape index (κ3) is 5.51. The summed E-state index contributed by atoms with van der Waals surface area (Å²) in [6, 6.07) is 13.1. The molecule has 256 valence electrons. The van der Waals surface area contributed by atoms with Gasteiger partial charge in [-0.2, -0.15) is 12.7 Å². The molecule has 2 amide bonds. The van der Waals surface area contributed by atoms with Gasteiger partial charge in [0.15, 0.2) is 0 Å². The molecule has 3 atom stereocenters. The predicted molar refractivity (Wildman–Crippen MR) is 185 cm³/mol. The lowest BCUT2D eigenvalue weighted by Gasteiger charge is -2.42. The van der Waals surface area contributed by atoms with Gasteiger partial charge in [0.05, 0.1) is 18.7 Å². The minimum atomic E-state index is -3.96. The van der Waals surface area contributed by atoms with Gasteiger partial charge in [0.2, 0.25) is 5.91 Å². The van der Waals surface area contributed by atoms with Crippen molar-refractivity contribution in [3.05, 3.63) is 53.1 Å². The molecule has 3 aliphatic heterocycles. The van der Waals surface area contributed by atoms with Gasteiger partial charge in [0.1, 0.15) is 5.75 Å². The van der Waals surface area contributed by atoms with Crippen LogP contribution in [0.3, 0.4) is 0 Å². The summed E-state index contributed by atoms with van der Waals surface area (Å²) in [5.74, 6) is 0.417. The molecule has 11 heteroatoms. The molecule has 2 saturated carbocycles. The Labute approximate surface area is 283 Å². The van der Waals surface area contributed by atoms with Crippen LogP contribution < -0.4 is 9.46 Å². The van der Waals surface area contributed by atoms with Gasteiger partial charge in [-0.1, -0.05) is 25.3 Å². The van der Waals surface area contributed by atoms with E-state index in [2.05, 4.69) is 31.2 Å². The number of hydrogen-bond donors (Lipinski definition) is 1. The van der Waals surface area contributed by atoms with E-state index in [0.717, 1.165) is 76.6 Å². The number of aromatic nitrogens is 1. The summed E-state index contributed by atoms with van der Waals surface area (Å²) in [5.41, 5.74) is 5.80. The van der Waals surface area contributed by atoms with Gasteiger partial charge >= 0.3 is 10.2 Å². The number of rotatable bonds is 7. The quantitative estimate of drug-likeness (QED) is 0.383. The monoisotopic (exact) mass is 673 g/mol. The van der Waals surface area contributed by atoms with E-state index in [9.17, 15) is 18.0 Å². The Bertz CT molecular complexity index is 1860. The van der Waals surface area contributed by atoms with Gasteiger partial charge in [0, 0.05) is 73.9 Å². The second kappa shape index (κ2) is 12.2. The zero-order valence-electron chi connectivity index (χ0n) is 28.3. The number of methoxy groups -OCH3 is 1. The minimum absolute atomic E-state index is 0.228. The molecule has 3 aromatic rings. The van der Waals surface area contributed by atoms with Crippen molar-refractivity contribution in [1.29, 1.82) is 0 Å². The van der Waals surface area contributed by atoms with Crippen molar-refractivity contribution in [2.75, 3.05) is 34.3 Å². The number of hydrogen-bond acceptors (Lipinski definition) is 6. The maximum absolute atomic E-state index is 14.8. The smallest absolute Gasteiger partial charge is 0.303 e. The van der Waals surface area contributed by atoms with Crippen LogP contribution in [-0.2, 0) is 28.0 Å². The van der Waals surface area contributed by atoms with Crippen LogP contribution in [0.25, 0.3) is 22.2 Å². The Hall–Kier alpha value is -3.41. The van der Waals surface area contributed by atoms with Gasteiger partial charge in [-0.25, -0.2) is 4.72 Å². The zero-order valence-corrected chi connectivity index (χ0v) is 29.1. The highest BCUT2D eigenvalue weighted by Gasteiger charge is 2.47. The van der Waals surface area contributed by atoms with E-state index < -0.39 is 16.1 Å². The number of piperazine rings is 1. The molecule has 2 bridgehead atoms. The van der Waals surface area contributed by atoms with E-state index in [1.54, 1.807) is 13.2 Å². The molecule has 5 aliphatic rings. The van der Waals surface area contributed by atoms with Crippen LogP contribution in [0, 0.1) is 5.92 Å². The van der Waals surface area contributed by atoms with Crippen molar-refractivity contribution in [2.45, 2.75) is 94.8 Å². The Morgan fingerprint density at radius 1 is 0.875 bits per heavy atom. The number of fused-ring (bicyclic) bond motifs is 7. The second-order valence-electron chi connectivity index (χ2n) is 14.9. The topological polar surface area (TPSA) is 104 Å². The van der Waals surface area contributed by atoms with Crippen LogP contribution in [0.4, 0.5) is 0 Å². The molecule has 0 radical (unpaired) electrons. The Kier molecular flexibility index (Phi) is 8.07. The highest BCUT2D eigenvalue weighted by atomic mass is 32.2. The van der Waals surface area contributed by atoms with E-state index in [1.807, 2.05) is 18.2 Å². The van der Waals surface area contributed by atoms with Crippen LogP contribution in [0.15, 0.2) is 36.4 Å². The fraction of sp³-hybridized carbons (Fsp3) is 0.568. The molecule has 8 rings (SSSR count). The normalized spacial score (nSPS) is 24.8. The molecule has 1 aromatic heterocycles. The molecule has 4 fully saturated rings. The second-order valence-corrected chi connectivity index (χ2v) is 16.8. The van der Waals surface area contributed by atoms with Crippen LogP contribution >= 0.6 is 0 Å². The van der Waals surface area contributed by atoms with Crippen LogP contribution in [-0.4, -0.2) is 91.3 Å². The largest absolute Gasteiger partial charge is 0.497 e. The van der Waals surface area contributed by atoms with Crippen LogP contribution in [0.1, 0.15) is 85.2 Å². The van der Waals surface area contributed by atoms with Crippen molar-refractivity contribution >= 4 is 32.9 Å². The number of nitrogens with zero attached hydrogens (tertiary/aromatic N) is 4. The molecular formula is C37H47N5O5S. The number of benzene rings is 2. The summed E-state index contributed by atoms with van der Waals surface area (Å²) in [4.78, 5) is 33.0. The van der Waals surface area contributed by atoms with E-state index in [1.165, 1.54) is 51.8 Å². The number of nitrogens with one attached hydrogen (secondary N) is 1. The Morgan fingerprint density at radius 2 is 1.58 bits per heavy atom. The minimum Gasteiger partial charge on any atom is -0.497 e. The fourth-order valence-corrected chi connectivity index (χ4v) is 9.66. The summed E-state index contributed by atoms with van der Waals surface area (Å²) >= 11 is 0. The lowest BCUT2D eigenvalue weighted by atomic mass is 9.81.